The van der Waals surface area contributed by atoms with Crippen molar-refractivity contribution in [1.82, 2.24) is 5.32 Å². The van der Waals surface area contributed by atoms with Crippen molar-refractivity contribution in [2.45, 2.75) is 45.9 Å². The molecule has 0 aromatic heterocycles. The van der Waals surface area contributed by atoms with Gasteiger partial charge in [0, 0.05) is 23.2 Å². The highest BCUT2D eigenvalue weighted by atomic mass is 35.5. The predicted octanol–water partition coefficient (Wildman–Crippen LogP) is 3.08. The SMILES string of the molecule is CCC(Oc1cccc(Cl)c1CNC(C)C)C(=O)O. The van der Waals surface area contributed by atoms with Crippen molar-refractivity contribution in [2.24, 2.45) is 0 Å². The molecule has 4 nitrogen and oxygen atoms in total. The van der Waals surface area contributed by atoms with Crippen molar-refractivity contribution < 1.29 is 14.6 Å². The minimum atomic E-state index is -0.967. The molecule has 0 bridgehead atoms. The van der Waals surface area contributed by atoms with Gasteiger partial charge in [0.15, 0.2) is 6.10 Å². The van der Waals surface area contributed by atoms with E-state index in [-0.39, 0.29) is 0 Å². The van der Waals surface area contributed by atoms with Crippen LogP contribution in [0.4, 0.5) is 0 Å². The molecule has 1 aromatic rings. The summed E-state index contributed by atoms with van der Waals surface area (Å²) in [6.45, 7) is 6.38. The lowest BCUT2D eigenvalue weighted by atomic mass is 10.1. The molecule has 0 radical (unpaired) electrons. The van der Waals surface area contributed by atoms with Crippen LogP contribution in [0.5, 0.6) is 5.75 Å². The summed E-state index contributed by atoms with van der Waals surface area (Å²) >= 11 is 6.15. The van der Waals surface area contributed by atoms with Gasteiger partial charge in [-0.15, -0.1) is 0 Å². The molecular formula is C14H20ClNO3. The smallest absolute Gasteiger partial charge is 0.344 e. The number of halogens is 1. The van der Waals surface area contributed by atoms with Gasteiger partial charge >= 0.3 is 5.97 Å². The van der Waals surface area contributed by atoms with Crippen LogP contribution in [0.2, 0.25) is 5.02 Å². The Kier molecular flexibility index (Phi) is 6.12. The van der Waals surface area contributed by atoms with Crippen LogP contribution in [-0.4, -0.2) is 23.2 Å². The van der Waals surface area contributed by atoms with Gasteiger partial charge in [-0.3, -0.25) is 0 Å². The summed E-state index contributed by atoms with van der Waals surface area (Å²) in [7, 11) is 0. The van der Waals surface area contributed by atoms with Gasteiger partial charge in [-0.2, -0.15) is 0 Å². The number of benzene rings is 1. The topological polar surface area (TPSA) is 58.6 Å². The molecule has 1 atom stereocenters. The molecule has 0 saturated heterocycles. The van der Waals surface area contributed by atoms with E-state index in [2.05, 4.69) is 5.32 Å². The monoisotopic (exact) mass is 285 g/mol. The largest absolute Gasteiger partial charge is 0.479 e. The summed E-state index contributed by atoms with van der Waals surface area (Å²) in [6, 6.07) is 5.58. The molecule has 0 spiro atoms. The number of carboxylic acid groups (broad SMARTS) is 1. The first-order chi connectivity index (χ1) is 8.95. The molecule has 2 N–H and O–H groups in total. The average Bonchev–Trinajstić information content (AvgIpc) is 2.34. The summed E-state index contributed by atoms with van der Waals surface area (Å²) < 4.78 is 5.55. The first kappa shape index (κ1) is 15.8. The molecule has 106 valence electrons. The highest BCUT2D eigenvalue weighted by Gasteiger charge is 2.19. The Labute approximate surface area is 118 Å². The molecule has 0 aliphatic heterocycles. The Balaban J connectivity index is 2.93. The number of aliphatic carboxylic acids is 1. The van der Waals surface area contributed by atoms with Crippen LogP contribution in [0, 0.1) is 0 Å². The number of ether oxygens (including phenoxy) is 1. The van der Waals surface area contributed by atoms with Gasteiger partial charge in [0.1, 0.15) is 5.75 Å². The van der Waals surface area contributed by atoms with E-state index in [9.17, 15) is 4.79 Å². The van der Waals surface area contributed by atoms with Crippen molar-refractivity contribution >= 4 is 17.6 Å². The van der Waals surface area contributed by atoms with Crippen LogP contribution < -0.4 is 10.1 Å². The van der Waals surface area contributed by atoms with Gasteiger partial charge in [-0.25, -0.2) is 4.79 Å². The molecule has 0 fully saturated rings. The Morgan fingerprint density at radius 1 is 1.47 bits per heavy atom. The molecule has 19 heavy (non-hydrogen) atoms. The Morgan fingerprint density at radius 3 is 2.68 bits per heavy atom. The molecule has 0 aliphatic carbocycles. The van der Waals surface area contributed by atoms with E-state index in [0.29, 0.717) is 29.8 Å². The normalized spacial score (nSPS) is 12.5. The lowest BCUT2D eigenvalue weighted by molar-refractivity contribution is -0.145. The second-order valence-corrected chi connectivity index (χ2v) is 5.01. The highest BCUT2D eigenvalue weighted by molar-refractivity contribution is 6.31. The summed E-state index contributed by atoms with van der Waals surface area (Å²) in [4.78, 5) is 11.0. The van der Waals surface area contributed by atoms with E-state index in [0.717, 1.165) is 5.56 Å². The fraction of sp³-hybridized carbons (Fsp3) is 0.500. The van der Waals surface area contributed by atoms with Gasteiger partial charge in [0.2, 0.25) is 0 Å². The maximum absolute atomic E-state index is 11.0. The van der Waals surface area contributed by atoms with Crippen LogP contribution in [0.25, 0.3) is 0 Å². The zero-order valence-electron chi connectivity index (χ0n) is 11.4. The van der Waals surface area contributed by atoms with Gasteiger partial charge in [-0.1, -0.05) is 38.4 Å². The predicted molar refractivity (Wildman–Crippen MR) is 75.8 cm³/mol. The molecule has 0 heterocycles. The zero-order valence-corrected chi connectivity index (χ0v) is 12.2. The number of carbonyl (C=O) groups is 1. The van der Waals surface area contributed by atoms with Gasteiger partial charge in [-0.05, 0) is 18.6 Å². The third-order valence-corrected chi connectivity index (χ3v) is 3.03. The molecular weight excluding hydrogens is 266 g/mol. The Morgan fingerprint density at radius 2 is 2.16 bits per heavy atom. The second kappa shape index (κ2) is 7.36. The third-order valence-electron chi connectivity index (χ3n) is 2.68. The van der Waals surface area contributed by atoms with Crippen LogP contribution in [-0.2, 0) is 11.3 Å². The summed E-state index contributed by atoms with van der Waals surface area (Å²) in [5.74, 6) is -0.444. The van der Waals surface area contributed by atoms with E-state index >= 15 is 0 Å². The van der Waals surface area contributed by atoms with Crippen molar-refractivity contribution in [1.29, 1.82) is 0 Å². The molecule has 1 rings (SSSR count). The lowest BCUT2D eigenvalue weighted by Gasteiger charge is -2.18. The van der Waals surface area contributed by atoms with Crippen LogP contribution in [0.15, 0.2) is 18.2 Å². The van der Waals surface area contributed by atoms with Gasteiger partial charge < -0.3 is 15.2 Å². The van der Waals surface area contributed by atoms with Crippen LogP contribution >= 0.6 is 11.6 Å². The van der Waals surface area contributed by atoms with E-state index in [1.54, 1.807) is 25.1 Å². The Bertz CT molecular complexity index is 435. The van der Waals surface area contributed by atoms with E-state index < -0.39 is 12.1 Å². The average molecular weight is 286 g/mol. The Hall–Kier alpha value is -1.26. The van der Waals surface area contributed by atoms with E-state index in [1.165, 1.54) is 0 Å². The first-order valence-corrected chi connectivity index (χ1v) is 6.73. The molecule has 1 unspecified atom stereocenters. The highest BCUT2D eigenvalue weighted by Crippen LogP contribution is 2.27. The minimum absolute atomic E-state index is 0.311. The van der Waals surface area contributed by atoms with Crippen molar-refractivity contribution in [3.63, 3.8) is 0 Å². The van der Waals surface area contributed by atoms with E-state index in [4.69, 9.17) is 21.4 Å². The number of carboxylic acids is 1. The van der Waals surface area contributed by atoms with Gasteiger partial charge in [0.25, 0.3) is 0 Å². The lowest BCUT2D eigenvalue weighted by Crippen LogP contribution is -2.27. The van der Waals surface area contributed by atoms with E-state index in [1.807, 2.05) is 13.8 Å². The standard InChI is InChI=1S/C14H20ClNO3/c1-4-12(14(17)18)19-13-7-5-6-11(15)10(13)8-16-9(2)3/h5-7,9,12,16H,4,8H2,1-3H3,(H,17,18). The molecule has 0 aliphatic rings. The summed E-state index contributed by atoms with van der Waals surface area (Å²) in [5, 5.41) is 12.9. The fourth-order valence-corrected chi connectivity index (χ4v) is 1.82. The maximum Gasteiger partial charge on any atom is 0.344 e. The van der Waals surface area contributed by atoms with Crippen molar-refractivity contribution in [2.75, 3.05) is 0 Å². The first-order valence-electron chi connectivity index (χ1n) is 6.36. The summed E-state index contributed by atoms with van der Waals surface area (Å²) in [6.07, 6.45) is -0.449. The van der Waals surface area contributed by atoms with Crippen molar-refractivity contribution in [3.05, 3.63) is 28.8 Å². The molecule has 0 amide bonds. The minimum Gasteiger partial charge on any atom is -0.479 e. The number of hydrogen-bond donors (Lipinski definition) is 2. The summed E-state index contributed by atoms with van der Waals surface area (Å²) in [5.41, 5.74) is 0.789. The maximum atomic E-state index is 11.0. The van der Waals surface area contributed by atoms with Crippen molar-refractivity contribution in [3.8, 4) is 5.75 Å². The second-order valence-electron chi connectivity index (χ2n) is 4.61. The quantitative estimate of drug-likeness (QED) is 0.808. The van der Waals surface area contributed by atoms with Crippen LogP contribution in [0.1, 0.15) is 32.8 Å². The number of nitrogens with one attached hydrogen (secondary N) is 1. The number of rotatable bonds is 7. The molecule has 1 aromatic carbocycles. The van der Waals surface area contributed by atoms with Gasteiger partial charge in [0.05, 0.1) is 0 Å². The van der Waals surface area contributed by atoms with Crippen LogP contribution in [0.3, 0.4) is 0 Å². The molecule has 0 saturated carbocycles. The number of hydrogen-bond acceptors (Lipinski definition) is 3. The third kappa shape index (κ3) is 4.73. The zero-order chi connectivity index (χ0) is 14.4. The fourth-order valence-electron chi connectivity index (χ4n) is 1.59. The molecule has 5 heteroatoms.